The number of benzene rings is 1. The zero-order valence-electron chi connectivity index (χ0n) is 9.07. The van der Waals surface area contributed by atoms with Gasteiger partial charge >= 0.3 is 5.97 Å². The maximum absolute atomic E-state index is 11.5. The number of ether oxygens (including phenoxy) is 1. The summed E-state index contributed by atoms with van der Waals surface area (Å²) in [6.07, 6.45) is 1.76. The highest BCUT2D eigenvalue weighted by molar-refractivity contribution is 5.89. The van der Waals surface area contributed by atoms with Crippen LogP contribution in [0, 0.1) is 0 Å². The van der Waals surface area contributed by atoms with Crippen LogP contribution in [0.15, 0.2) is 30.5 Å². The Bertz CT molecular complexity index is 504. The van der Waals surface area contributed by atoms with Crippen molar-refractivity contribution in [2.24, 2.45) is 5.73 Å². The van der Waals surface area contributed by atoms with E-state index in [-0.39, 0.29) is 0 Å². The lowest BCUT2D eigenvalue weighted by atomic mass is 10.1. The van der Waals surface area contributed by atoms with E-state index >= 15 is 0 Å². The van der Waals surface area contributed by atoms with Gasteiger partial charge in [-0.1, -0.05) is 18.2 Å². The van der Waals surface area contributed by atoms with E-state index in [0.29, 0.717) is 6.61 Å². The fraction of sp³-hybridized carbons (Fsp3) is 0.250. The van der Waals surface area contributed by atoms with Crippen molar-refractivity contribution in [3.8, 4) is 0 Å². The first-order chi connectivity index (χ1) is 7.74. The molecule has 2 rings (SSSR count). The van der Waals surface area contributed by atoms with Gasteiger partial charge in [0.05, 0.1) is 6.61 Å². The summed E-state index contributed by atoms with van der Waals surface area (Å²) in [5.74, 6) is -0.396. The number of para-hydroxylation sites is 1. The molecule has 16 heavy (non-hydrogen) atoms. The number of H-pyrrole nitrogens is 1. The number of carbonyl (C=O) groups excluding carboxylic acids is 1. The molecule has 4 heteroatoms. The minimum absolute atomic E-state index is 0.342. The van der Waals surface area contributed by atoms with Gasteiger partial charge in [0.1, 0.15) is 6.04 Å². The van der Waals surface area contributed by atoms with Gasteiger partial charge in [-0.3, -0.25) is 0 Å². The number of nitrogens with two attached hydrogens (primary N) is 1. The van der Waals surface area contributed by atoms with E-state index in [1.165, 1.54) is 0 Å². The number of hydrogen-bond acceptors (Lipinski definition) is 3. The molecule has 2 aromatic rings. The van der Waals surface area contributed by atoms with E-state index < -0.39 is 12.0 Å². The fourth-order valence-corrected chi connectivity index (χ4v) is 1.71. The predicted molar refractivity (Wildman–Crippen MR) is 61.9 cm³/mol. The molecule has 0 bridgehead atoms. The number of hydrogen-bond donors (Lipinski definition) is 2. The maximum atomic E-state index is 11.5. The van der Waals surface area contributed by atoms with Crippen LogP contribution < -0.4 is 5.73 Å². The summed E-state index contributed by atoms with van der Waals surface area (Å²) in [7, 11) is 0. The van der Waals surface area contributed by atoms with Crippen LogP contribution in [0.25, 0.3) is 10.9 Å². The summed E-state index contributed by atoms with van der Waals surface area (Å²) in [5, 5.41) is 0.961. The van der Waals surface area contributed by atoms with E-state index in [9.17, 15) is 4.79 Å². The summed E-state index contributed by atoms with van der Waals surface area (Å²) in [6.45, 7) is 2.11. The minimum atomic E-state index is -0.726. The molecule has 0 amide bonds. The first-order valence-electron chi connectivity index (χ1n) is 5.22. The van der Waals surface area contributed by atoms with E-state index in [0.717, 1.165) is 16.5 Å². The monoisotopic (exact) mass is 218 g/mol. The Morgan fingerprint density at radius 3 is 3.00 bits per heavy atom. The molecule has 0 saturated carbocycles. The van der Waals surface area contributed by atoms with Crippen molar-refractivity contribution in [1.82, 2.24) is 4.98 Å². The van der Waals surface area contributed by atoms with Crippen molar-refractivity contribution in [1.29, 1.82) is 0 Å². The summed E-state index contributed by atoms with van der Waals surface area (Å²) in [6, 6.07) is 6.99. The molecule has 84 valence electrons. The molecular formula is C12H14N2O2. The molecular weight excluding hydrogens is 204 g/mol. The van der Waals surface area contributed by atoms with Crippen LogP contribution in [0.3, 0.4) is 0 Å². The van der Waals surface area contributed by atoms with Crippen LogP contribution in [0.5, 0.6) is 0 Å². The normalized spacial score (nSPS) is 12.6. The highest BCUT2D eigenvalue weighted by Gasteiger charge is 2.19. The molecule has 0 aliphatic carbocycles. The maximum Gasteiger partial charge on any atom is 0.327 e. The average molecular weight is 218 g/mol. The number of aromatic amines is 1. The number of esters is 1. The molecule has 0 radical (unpaired) electrons. The Balaban J connectivity index is 2.36. The second kappa shape index (κ2) is 4.37. The minimum Gasteiger partial charge on any atom is -0.465 e. The zero-order valence-corrected chi connectivity index (χ0v) is 9.07. The van der Waals surface area contributed by atoms with Gasteiger partial charge in [0.25, 0.3) is 0 Å². The lowest BCUT2D eigenvalue weighted by Crippen LogP contribution is -2.23. The Kier molecular flexibility index (Phi) is 2.92. The fourth-order valence-electron chi connectivity index (χ4n) is 1.71. The number of fused-ring (bicyclic) bond motifs is 1. The Morgan fingerprint density at radius 1 is 1.50 bits per heavy atom. The summed E-state index contributed by atoms with van der Waals surface area (Å²) in [4.78, 5) is 14.6. The second-order valence-electron chi connectivity index (χ2n) is 3.52. The van der Waals surface area contributed by atoms with Gasteiger partial charge in [0.2, 0.25) is 0 Å². The molecule has 1 heterocycles. The third-order valence-corrected chi connectivity index (χ3v) is 2.50. The topological polar surface area (TPSA) is 68.1 Å². The molecule has 0 aliphatic heterocycles. The molecule has 0 aliphatic rings. The van der Waals surface area contributed by atoms with Gasteiger partial charge in [-0.15, -0.1) is 0 Å². The van der Waals surface area contributed by atoms with Crippen LogP contribution in [-0.2, 0) is 9.53 Å². The Morgan fingerprint density at radius 2 is 2.25 bits per heavy atom. The molecule has 0 fully saturated rings. The highest BCUT2D eigenvalue weighted by Crippen LogP contribution is 2.23. The zero-order chi connectivity index (χ0) is 11.5. The van der Waals surface area contributed by atoms with Crippen LogP contribution in [0.1, 0.15) is 18.5 Å². The van der Waals surface area contributed by atoms with Crippen LogP contribution in [-0.4, -0.2) is 17.6 Å². The van der Waals surface area contributed by atoms with Crippen molar-refractivity contribution in [3.05, 3.63) is 36.0 Å². The van der Waals surface area contributed by atoms with Gasteiger partial charge in [-0.25, -0.2) is 4.79 Å². The number of rotatable bonds is 3. The molecule has 4 nitrogen and oxygen atoms in total. The standard InChI is InChI=1S/C12H14N2O2/c1-2-16-12(15)11(13)9-7-14-10-6-4-3-5-8(9)10/h3-7,11,14H,2,13H2,1H3/t11-/m0/s1. The molecule has 1 aromatic carbocycles. The average Bonchev–Trinajstić information content (AvgIpc) is 2.72. The van der Waals surface area contributed by atoms with Crippen molar-refractivity contribution in [2.45, 2.75) is 13.0 Å². The van der Waals surface area contributed by atoms with Crippen molar-refractivity contribution in [2.75, 3.05) is 6.61 Å². The van der Waals surface area contributed by atoms with Gasteiger partial charge in [-0.2, -0.15) is 0 Å². The SMILES string of the molecule is CCOC(=O)[C@@H](N)c1c[nH]c2ccccc12. The van der Waals surface area contributed by atoms with Gasteiger partial charge in [0, 0.05) is 22.7 Å². The van der Waals surface area contributed by atoms with Crippen molar-refractivity contribution >= 4 is 16.9 Å². The second-order valence-corrected chi connectivity index (χ2v) is 3.52. The van der Waals surface area contributed by atoms with E-state index in [4.69, 9.17) is 10.5 Å². The summed E-state index contributed by atoms with van der Waals surface area (Å²) in [5.41, 5.74) is 7.58. The molecule has 1 atom stereocenters. The van der Waals surface area contributed by atoms with Crippen LogP contribution in [0.2, 0.25) is 0 Å². The highest BCUT2D eigenvalue weighted by atomic mass is 16.5. The van der Waals surface area contributed by atoms with Crippen LogP contribution >= 0.6 is 0 Å². The summed E-state index contributed by atoms with van der Waals surface area (Å²) < 4.78 is 4.90. The first-order valence-corrected chi connectivity index (χ1v) is 5.22. The number of nitrogens with one attached hydrogen (secondary N) is 1. The number of carbonyl (C=O) groups is 1. The van der Waals surface area contributed by atoms with E-state index in [1.54, 1.807) is 13.1 Å². The molecule has 1 aromatic heterocycles. The number of aromatic nitrogens is 1. The molecule has 0 spiro atoms. The molecule has 0 saturated heterocycles. The van der Waals surface area contributed by atoms with E-state index in [2.05, 4.69) is 4.98 Å². The van der Waals surface area contributed by atoms with Gasteiger partial charge in [-0.05, 0) is 13.0 Å². The van der Waals surface area contributed by atoms with Crippen LogP contribution in [0.4, 0.5) is 0 Å². The smallest absolute Gasteiger partial charge is 0.327 e. The van der Waals surface area contributed by atoms with Crippen molar-refractivity contribution in [3.63, 3.8) is 0 Å². The van der Waals surface area contributed by atoms with Gasteiger partial charge < -0.3 is 15.5 Å². The van der Waals surface area contributed by atoms with Crippen molar-refractivity contribution < 1.29 is 9.53 Å². The van der Waals surface area contributed by atoms with Gasteiger partial charge in [0.15, 0.2) is 0 Å². The quantitative estimate of drug-likeness (QED) is 0.771. The lowest BCUT2D eigenvalue weighted by Gasteiger charge is -2.09. The molecule has 3 N–H and O–H groups in total. The summed E-state index contributed by atoms with van der Waals surface area (Å²) >= 11 is 0. The predicted octanol–water partition coefficient (Wildman–Crippen LogP) is 1.73. The third-order valence-electron chi connectivity index (χ3n) is 2.50. The first kappa shape index (κ1) is 10.7. The Labute approximate surface area is 93.4 Å². The molecule has 0 unspecified atom stereocenters. The lowest BCUT2D eigenvalue weighted by molar-refractivity contribution is -0.144. The largest absolute Gasteiger partial charge is 0.465 e. The third kappa shape index (κ3) is 1.79. The van der Waals surface area contributed by atoms with E-state index in [1.807, 2.05) is 24.3 Å². The Hall–Kier alpha value is -1.81.